The van der Waals surface area contributed by atoms with E-state index in [2.05, 4.69) is 35.2 Å². The van der Waals surface area contributed by atoms with Gasteiger partial charge in [0.2, 0.25) is 0 Å². The summed E-state index contributed by atoms with van der Waals surface area (Å²) in [5, 5.41) is 0. The van der Waals surface area contributed by atoms with Crippen molar-refractivity contribution in [3.05, 3.63) is 35.9 Å². The summed E-state index contributed by atoms with van der Waals surface area (Å²) < 4.78 is 5.71. The zero-order valence-corrected chi connectivity index (χ0v) is 11.3. The van der Waals surface area contributed by atoms with Crippen molar-refractivity contribution in [2.45, 2.75) is 19.4 Å². The molecule has 4 rings (SSSR count). The topological polar surface area (TPSA) is 29.5 Å². The van der Waals surface area contributed by atoms with Crippen LogP contribution in [-0.4, -0.2) is 37.0 Å². The van der Waals surface area contributed by atoms with Crippen LogP contribution in [-0.2, 0) is 16.1 Å². The number of Topliss-reactive ketones (excluding diaryl/α,β-unsaturated/α-hetero) is 1. The van der Waals surface area contributed by atoms with E-state index in [1.165, 1.54) is 5.56 Å². The summed E-state index contributed by atoms with van der Waals surface area (Å²) in [5.74, 6) is 1.17. The van der Waals surface area contributed by atoms with Gasteiger partial charge in [-0.2, -0.15) is 0 Å². The van der Waals surface area contributed by atoms with Crippen molar-refractivity contribution in [3.63, 3.8) is 0 Å². The van der Waals surface area contributed by atoms with Gasteiger partial charge in [-0.25, -0.2) is 0 Å². The number of nitrogens with zero attached hydrogens (tertiary/aromatic N) is 1. The van der Waals surface area contributed by atoms with Crippen LogP contribution in [0.25, 0.3) is 0 Å². The van der Waals surface area contributed by atoms with Crippen molar-refractivity contribution >= 4 is 5.78 Å². The van der Waals surface area contributed by atoms with Gasteiger partial charge in [0.25, 0.3) is 0 Å². The molecule has 0 aromatic heterocycles. The number of rotatable bonds is 2. The third-order valence-corrected chi connectivity index (χ3v) is 4.02. The fourth-order valence-corrected chi connectivity index (χ4v) is 3.26. The van der Waals surface area contributed by atoms with E-state index in [1.807, 2.05) is 0 Å². The van der Waals surface area contributed by atoms with E-state index >= 15 is 0 Å². The van der Waals surface area contributed by atoms with Crippen molar-refractivity contribution in [2.75, 3.05) is 26.3 Å². The van der Waals surface area contributed by atoms with Crippen LogP contribution in [0.2, 0.25) is 0 Å². The standard InChI is InChI=1S/C16H21NO2/c18-16-6-14-9-17(8-13-4-2-1-3-5-13)10-15(7-16)12-19-11-14/h1-5,14-15H,6-12H2. The highest BCUT2D eigenvalue weighted by molar-refractivity contribution is 5.79. The third kappa shape index (κ3) is 3.43. The average molecular weight is 259 g/mol. The Labute approximate surface area is 114 Å². The fraction of sp³-hybridized carbons (Fsp3) is 0.562. The molecular formula is C16H21NO2. The summed E-state index contributed by atoms with van der Waals surface area (Å²) in [6.45, 7) is 4.44. The van der Waals surface area contributed by atoms with E-state index < -0.39 is 0 Å². The minimum atomic E-state index is 0.373. The number of benzene rings is 1. The molecule has 3 nitrogen and oxygen atoms in total. The Hall–Kier alpha value is -1.19. The molecule has 1 aromatic carbocycles. The van der Waals surface area contributed by atoms with Crippen LogP contribution in [0.3, 0.4) is 0 Å². The Kier molecular flexibility index (Phi) is 3.95. The minimum absolute atomic E-state index is 0.373. The van der Waals surface area contributed by atoms with Gasteiger partial charge >= 0.3 is 0 Å². The van der Waals surface area contributed by atoms with E-state index in [9.17, 15) is 4.79 Å². The van der Waals surface area contributed by atoms with E-state index in [0.717, 1.165) is 32.8 Å². The van der Waals surface area contributed by atoms with E-state index in [4.69, 9.17) is 4.74 Å². The number of carbonyl (C=O) groups excluding carboxylic acids is 1. The predicted octanol–water partition coefficient (Wildman–Crippen LogP) is 2.11. The molecule has 3 heterocycles. The molecule has 0 spiro atoms. The number of ether oxygens (including phenoxy) is 1. The predicted molar refractivity (Wildman–Crippen MR) is 73.8 cm³/mol. The van der Waals surface area contributed by atoms with Gasteiger partial charge in [0.05, 0.1) is 13.2 Å². The molecule has 0 aliphatic carbocycles. The van der Waals surface area contributed by atoms with Gasteiger partial charge in [0, 0.05) is 44.3 Å². The molecule has 3 fully saturated rings. The van der Waals surface area contributed by atoms with Crippen molar-refractivity contribution in [2.24, 2.45) is 11.8 Å². The van der Waals surface area contributed by atoms with Crippen LogP contribution >= 0.6 is 0 Å². The smallest absolute Gasteiger partial charge is 0.133 e. The Morgan fingerprint density at radius 3 is 2.32 bits per heavy atom. The number of hydrogen-bond donors (Lipinski definition) is 0. The maximum atomic E-state index is 11.8. The number of hydrogen-bond acceptors (Lipinski definition) is 3. The molecule has 0 amide bonds. The lowest BCUT2D eigenvalue weighted by atomic mass is 9.90. The fourth-order valence-electron chi connectivity index (χ4n) is 3.26. The second kappa shape index (κ2) is 5.85. The van der Waals surface area contributed by atoms with Crippen LogP contribution in [0.5, 0.6) is 0 Å². The SMILES string of the molecule is O=C1CC2COCC(C1)CN(Cc1ccccc1)C2. The maximum absolute atomic E-state index is 11.8. The van der Waals surface area contributed by atoms with Crippen molar-refractivity contribution in [3.8, 4) is 0 Å². The molecule has 2 bridgehead atoms. The average Bonchev–Trinajstić information content (AvgIpc) is 2.34. The van der Waals surface area contributed by atoms with E-state index in [0.29, 0.717) is 30.5 Å². The number of ketones is 1. The molecule has 3 aliphatic rings. The summed E-state index contributed by atoms with van der Waals surface area (Å²) in [6.07, 6.45) is 1.39. The number of fused-ring (bicyclic) bond motifs is 6. The highest BCUT2D eigenvalue weighted by atomic mass is 16.5. The zero-order valence-electron chi connectivity index (χ0n) is 11.3. The van der Waals surface area contributed by atoms with Gasteiger partial charge in [-0.05, 0) is 5.56 Å². The van der Waals surface area contributed by atoms with Crippen LogP contribution in [0, 0.1) is 11.8 Å². The summed E-state index contributed by atoms with van der Waals surface area (Å²) >= 11 is 0. The lowest BCUT2D eigenvalue weighted by molar-refractivity contribution is -0.126. The molecule has 19 heavy (non-hydrogen) atoms. The lowest BCUT2D eigenvalue weighted by Crippen LogP contribution is -2.43. The van der Waals surface area contributed by atoms with Gasteiger partial charge < -0.3 is 4.74 Å². The highest BCUT2D eigenvalue weighted by Crippen LogP contribution is 2.23. The van der Waals surface area contributed by atoms with Crippen LogP contribution in [0.1, 0.15) is 18.4 Å². The second-order valence-corrected chi connectivity index (χ2v) is 5.90. The molecule has 2 unspecified atom stereocenters. The molecule has 3 saturated heterocycles. The molecule has 0 radical (unpaired) electrons. The van der Waals surface area contributed by atoms with E-state index in [-0.39, 0.29) is 0 Å². The minimum Gasteiger partial charge on any atom is -0.381 e. The van der Waals surface area contributed by atoms with Crippen molar-refractivity contribution in [1.82, 2.24) is 4.90 Å². The van der Waals surface area contributed by atoms with E-state index in [1.54, 1.807) is 0 Å². The Bertz CT molecular complexity index is 414. The third-order valence-electron chi connectivity index (χ3n) is 4.02. The summed E-state index contributed by atoms with van der Waals surface area (Å²) in [6, 6.07) is 10.6. The first kappa shape index (κ1) is 12.8. The number of carbonyl (C=O) groups is 1. The van der Waals surface area contributed by atoms with Gasteiger partial charge in [0.1, 0.15) is 5.78 Å². The second-order valence-electron chi connectivity index (χ2n) is 5.90. The quantitative estimate of drug-likeness (QED) is 0.814. The van der Waals surface area contributed by atoms with Gasteiger partial charge in [-0.3, -0.25) is 9.69 Å². The largest absolute Gasteiger partial charge is 0.381 e. The van der Waals surface area contributed by atoms with Crippen LogP contribution in [0.4, 0.5) is 0 Å². The Morgan fingerprint density at radius 1 is 1.05 bits per heavy atom. The maximum Gasteiger partial charge on any atom is 0.133 e. The van der Waals surface area contributed by atoms with Gasteiger partial charge in [0.15, 0.2) is 0 Å². The highest BCUT2D eigenvalue weighted by Gasteiger charge is 2.29. The molecule has 3 aliphatic heterocycles. The van der Waals surface area contributed by atoms with Crippen LogP contribution in [0.15, 0.2) is 30.3 Å². The Balaban J connectivity index is 1.71. The monoisotopic (exact) mass is 259 g/mol. The molecule has 0 N–H and O–H groups in total. The first-order valence-electron chi connectivity index (χ1n) is 7.15. The first-order valence-corrected chi connectivity index (χ1v) is 7.15. The molecular weight excluding hydrogens is 238 g/mol. The summed E-state index contributed by atoms with van der Waals surface area (Å²) in [7, 11) is 0. The summed E-state index contributed by atoms with van der Waals surface area (Å²) in [5.41, 5.74) is 1.35. The molecule has 102 valence electrons. The molecule has 3 heteroatoms. The first-order chi connectivity index (χ1) is 9.29. The van der Waals surface area contributed by atoms with Crippen molar-refractivity contribution < 1.29 is 9.53 Å². The normalized spacial score (nSPS) is 28.7. The molecule has 0 saturated carbocycles. The van der Waals surface area contributed by atoms with Gasteiger partial charge in [-0.15, -0.1) is 0 Å². The van der Waals surface area contributed by atoms with Crippen LogP contribution < -0.4 is 0 Å². The van der Waals surface area contributed by atoms with Crippen molar-refractivity contribution in [1.29, 1.82) is 0 Å². The Morgan fingerprint density at radius 2 is 1.68 bits per heavy atom. The lowest BCUT2D eigenvalue weighted by Gasteiger charge is -2.36. The van der Waals surface area contributed by atoms with Gasteiger partial charge in [-0.1, -0.05) is 30.3 Å². The molecule has 1 aromatic rings. The summed E-state index contributed by atoms with van der Waals surface area (Å²) in [4.78, 5) is 14.3. The zero-order chi connectivity index (χ0) is 13.1. The molecule has 2 atom stereocenters.